The first-order chi connectivity index (χ1) is 15.0. The van der Waals surface area contributed by atoms with Gasteiger partial charge in [-0.25, -0.2) is 9.37 Å². The van der Waals surface area contributed by atoms with Crippen LogP contribution in [0.2, 0.25) is 5.02 Å². The van der Waals surface area contributed by atoms with E-state index in [1.807, 2.05) is 28.8 Å². The van der Waals surface area contributed by atoms with Gasteiger partial charge < -0.3 is 15.0 Å². The van der Waals surface area contributed by atoms with E-state index in [4.69, 9.17) is 11.6 Å². The van der Waals surface area contributed by atoms with Crippen molar-refractivity contribution in [3.05, 3.63) is 101 Å². The number of hydrogen-bond acceptors (Lipinski definition) is 3. The largest absolute Gasteiger partial charge is 0.387 e. The number of fused-ring (bicyclic) bond motifs is 1. The van der Waals surface area contributed by atoms with Gasteiger partial charge >= 0.3 is 0 Å². The summed E-state index contributed by atoms with van der Waals surface area (Å²) in [6, 6.07) is 20.6. The summed E-state index contributed by atoms with van der Waals surface area (Å²) in [6.45, 7) is 0.551. The fourth-order valence-corrected chi connectivity index (χ4v) is 3.56. The predicted molar refractivity (Wildman–Crippen MR) is 118 cm³/mol. The summed E-state index contributed by atoms with van der Waals surface area (Å²) >= 11 is 5.94. The predicted octanol–water partition coefficient (Wildman–Crippen LogP) is 4.42. The van der Waals surface area contributed by atoms with E-state index in [0.717, 1.165) is 22.2 Å². The van der Waals surface area contributed by atoms with Crippen LogP contribution in [0.4, 0.5) is 4.39 Å². The minimum absolute atomic E-state index is 0.0587. The number of aromatic nitrogens is 2. The SMILES string of the molecule is O=C(Cc1nc2ccccc2n1C[C@H](O)c1ccc(Cl)cc1)NCc1ccc(F)cc1. The van der Waals surface area contributed by atoms with Crippen molar-refractivity contribution in [2.45, 2.75) is 25.6 Å². The van der Waals surface area contributed by atoms with Crippen molar-refractivity contribution >= 4 is 28.5 Å². The molecule has 3 aromatic carbocycles. The molecule has 0 saturated carbocycles. The summed E-state index contributed by atoms with van der Waals surface area (Å²) in [4.78, 5) is 17.2. The van der Waals surface area contributed by atoms with Crippen molar-refractivity contribution in [2.24, 2.45) is 0 Å². The van der Waals surface area contributed by atoms with Gasteiger partial charge in [-0.1, -0.05) is 48.0 Å². The molecule has 31 heavy (non-hydrogen) atoms. The maximum Gasteiger partial charge on any atom is 0.227 e. The number of aliphatic hydroxyl groups is 1. The van der Waals surface area contributed by atoms with Gasteiger partial charge in [-0.2, -0.15) is 0 Å². The minimum atomic E-state index is -0.782. The Morgan fingerprint density at radius 1 is 1.06 bits per heavy atom. The van der Waals surface area contributed by atoms with Crippen molar-refractivity contribution in [1.29, 1.82) is 0 Å². The number of aliphatic hydroxyl groups excluding tert-OH is 1. The maximum absolute atomic E-state index is 13.0. The molecule has 1 heterocycles. The van der Waals surface area contributed by atoms with E-state index >= 15 is 0 Å². The number of carbonyl (C=O) groups excluding carboxylic acids is 1. The summed E-state index contributed by atoms with van der Waals surface area (Å²) in [5.74, 6) is 0.0377. The van der Waals surface area contributed by atoms with E-state index in [-0.39, 0.29) is 24.7 Å². The third-order valence-corrected chi connectivity index (χ3v) is 5.32. The van der Waals surface area contributed by atoms with Gasteiger partial charge in [-0.05, 0) is 47.5 Å². The number of halogens is 2. The molecule has 0 bridgehead atoms. The van der Waals surface area contributed by atoms with E-state index < -0.39 is 6.10 Å². The number of benzene rings is 3. The van der Waals surface area contributed by atoms with Crippen LogP contribution in [0.5, 0.6) is 0 Å². The number of carbonyl (C=O) groups is 1. The Bertz CT molecular complexity index is 1190. The fourth-order valence-electron chi connectivity index (χ4n) is 3.44. The second-order valence-corrected chi connectivity index (χ2v) is 7.71. The monoisotopic (exact) mass is 437 g/mol. The lowest BCUT2D eigenvalue weighted by Gasteiger charge is -2.15. The molecule has 0 saturated heterocycles. The van der Waals surface area contributed by atoms with Crippen LogP contribution in [-0.4, -0.2) is 20.6 Å². The van der Waals surface area contributed by atoms with Gasteiger partial charge in [0, 0.05) is 11.6 Å². The average molecular weight is 438 g/mol. The molecule has 0 unspecified atom stereocenters. The fraction of sp³-hybridized carbons (Fsp3) is 0.167. The zero-order valence-electron chi connectivity index (χ0n) is 16.6. The Morgan fingerprint density at radius 2 is 1.77 bits per heavy atom. The molecule has 4 aromatic rings. The summed E-state index contributed by atoms with van der Waals surface area (Å²) < 4.78 is 14.9. The highest BCUT2D eigenvalue weighted by Crippen LogP contribution is 2.23. The Kier molecular flexibility index (Phi) is 6.30. The second-order valence-electron chi connectivity index (χ2n) is 7.27. The zero-order chi connectivity index (χ0) is 21.8. The average Bonchev–Trinajstić information content (AvgIpc) is 3.10. The molecule has 1 atom stereocenters. The van der Waals surface area contributed by atoms with E-state index in [1.165, 1.54) is 12.1 Å². The molecule has 1 aromatic heterocycles. The van der Waals surface area contributed by atoms with E-state index in [2.05, 4.69) is 10.3 Å². The van der Waals surface area contributed by atoms with Crippen LogP contribution in [0.15, 0.2) is 72.8 Å². The van der Waals surface area contributed by atoms with Crippen LogP contribution in [0.25, 0.3) is 11.0 Å². The van der Waals surface area contributed by atoms with Gasteiger partial charge in [0.25, 0.3) is 0 Å². The van der Waals surface area contributed by atoms with Crippen LogP contribution in [0, 0.1) is 5.82 Å². The first-order valence-corrected chi connectivity index (χ1v) is 10.3. The Hall–Kier alpha value is -3.22. The zero-order valence-corrected chi connectivity index (χ0v) is 17.4. The highest BCUT2D eigenvalue weighted by atomic mass is 35.5. The molecule has 7 heteroatoms. The highest BCUT2D eigenvalue weighted by molar-refractivity contribution is 6.30. The molecular weight excluding hydrogens is 417 g/mol. The number of hydrogen-bond donors (Lipinski definition) is 2. The van der Waals surface area contributed by atoms with E-state index in [9.17, 15) is 14.3 Å². The van der Waals surface area contributed by atoms with E-state index in [1.54, 1.807) is 36.4 Å². The molecule has 5 nitrogen and oxygen atoms in total. The summed E-state index contributed by atoms with van der Waals surface area (Å²) in [7, 11) is 0. The molecule has 0 aliphatic heterocycles. The van der Waals surface area contributed by atoms with Crippen molar-refractivity contribution in [3.63, 3.8) is 0 Å². The Morgan fingerprint density at radius 3 is 2.52 bits per heavy atom. The molecule has 158 valence electrons. The maximum atomic E-state index is 13.0. The second kappa shape index (κ2) is 9.29. The smallest absolute Gasteiger partial charge is 0.227 e. The Labute approximate surface area is 184 Å². The summed E-state index contributed by atoms with van der Waals surface area (Å²) in [5.41, 5.74) is 3.14. The van der Waals surface area contributed by atoms with Gasteiger partial charge in [0.2, 0.25) is 5.91 Å². The number of amides is 1. The number of nitrogens with one attached hydrogen (secondary N) is 1. The molecule has 4 rings (SSSR count). The number of imidazole rings is 1. The van der Waals surface area contributed by atoms with Crippen LogP contribution < -0.4 is 5.32 Å². The van der Waals surface area contributed by atoms with Crippen LogP contribution in [-0.2, 0) is 24.3 Å². The number of para-hydroxylation sites is 2. The standard InChI is InChI=1S/C24H21ClFN3O2/c25-18-9-7-17(8-10-18)22(30)15-29-21-4-2-1-3-20(21)28-23(29)13-24(31)27-14-16-5-11-19(26)12-6-16/h1-12,22,30H,13-15H2,(H,27,31)/t22-/m0/s1. The summed E-state index contributed by atoms with van der Waals surface area (Å²) in [6.07, 6.45) is -0.723. The quantitative estimate of drug-likeness (QED) is 0.449. The molecule has 1 amide bonds. The third kappa shape index (κ3) is 5.10. The molecule has 0 fully saturated rings. The third-order valence-electron chi connectivity index (χ3n) is 5.07. The lowest BCUT2D eigenvalue weighted by molar-refractivity contribution is -0.120. The Balaban J connectivity index is 1.52. The van der Waals surface area contributed by atoms with Gasteiger partial charge in [0.1, 0.15) is 11.6 Å². The van der Waals surface area contributed by atoms with Gasteiger partial charge in [0.15, 0.2) is 0 Å². The molecule has 0 radical (unpaired) electrons. The van der Waals surface area contributed by atoms with Crippen LogP contribution >= 0.6 is 11.6 Å². The topological polar surface area (TPSA) is 67.2 Å². The lowest BCUT2D eigenvalue weighted by Crippen LogP contribution is -2.26. The van der Waals surface area contributed by atoms with Crippen molar-refractivity contribution in [2.75, 3.05) is 0 Å². The van der Waals surface area contributed by atoms with Crippen molar-refractivity contribution in [1.82, 2.24) is 14.9 Å². The first kappa shape index (κ1) is 21.0. The molecule has 0 spiro atoms. The van der Waals surface area contributed by atoms with Gasteiger partial charge in [0.05, 0.1) is 30.1 Å². The first-order valence-electron chi connectivity index (χ1n) is 9.88. The molecule has 0 aliphatic carbocycles. The molecule has 2 N–H and O–H groups in total. The highest BCUT2D eigenvalue weighted by Gasteiger charge is 2.17. The van der Waals surface area contributed by atoms with Crippen molar-refractivity contribution in [3.8, 4) is 0 Å². The number of nitrogens with zero attached hydrogens (tertiary/aromatic N) is 2. The molecule has 0 aliphatic rings. The minimum Gasteiger partial charge on any atom is -0.387 e. The van der Waals surface area contributed by atoms with E-state index in [0.29, 0.717) is 17.4 Å². The van der Waals surface area contributed by atoms with Crippen LogP contribution in [0.3, 0.4) is 0 Å². The molecular formula is C24H21ClFN3O2. The van der Waals surface area contributed by atoms with Crippen molar-refractivity contribution < 1.29 is 14.3 Å². The normalized spacial score (nSPS) is 12.1. The van der Waals surface area contributed by atoms with Crippen LogP contribution in [0.1, 0.15) is 23.1 Å². The number of rotatable bonds is 7. The summed E-state index contributed by atoms with van der Waals surface area (Å²) in [5, 5.41) is 14.2. The van der Waals surface area contributed by atoms with Gasteiger partial charge in [-0.15, -0.1) is 0 Å². The van der Waals surface area contributed by atoms with Gasteiger partial charge in [-0.3, -0.25) is 4.79 Å². The lowest BCUT2D eigenvalue weighted by atomic mass is 10.1.